The van der Waals surface area contributed by atoms with Crippen molar-refractivity contribution in [3.8, 4) is 39.7 Å². The Balaban J connectivity index is 1.10. The van der Waals surface area contributed by atoms with Gasteiger partial charge >= 0.3 is 0 Å². The number of aromatic nitrogens is 5. The number of hydrogen-bond donors (Lipinski definition) is 0. The molecule has 0 aliphatic carbocycles. The van der Waals surface area contributed by atoms with Gasteiger partial charge in [-0.3, -0.25) is 0 Å². The van der Waals surface area contributed by atoms with Crippen LogP contribution in [0.1, 0.15) is 0 Å². The molecule has 0 spiro atoms. The molecule has 0 unspecified atom stereocenters. The van der Waals surface area contributed by atoms with Crippen molar-refractivity contribution < 1.29 is 0 Å². The van der Waals surface area contributed by atoms with Crippen molar-refractivity contribution in [2.24, 2.45) is 0 Å². The van der Waals surface area contributed by atoms with Gasteiger partial charge in [-0.05, 0) is 91.0 Å². The Labute approximate surface area is 328 Å². The molecule has 0 aliphatic rings. The second kappa shape index (κ2) is 12.4. The zero-order valence-electron chi connectivity index (χ0n) is 30.8. The van der Waals surface area contributed by atoms with Crippen LogP contribution in [0, 0.1) is 0 Å². The molecule has 0 bridgehead atoms. The number of rotatable bonds is 5. The quantitative estimate of drug-likeness (QED) is 0.177. The van der Waals surface area contributed by atoms with Crippen molar-refractivity contribution in [3.63, 3.8) is 0 Å². The van der Waals surface area contributed by atoms with E-state index in [1.807, 2.05) is 0 Å². The van der Waals surface area contributed by atoms with Gasteiger partial charge in [0, 0.05) is 66.7 Å². The summed E-state index contributed by atoms with van der Waals surface area (Å²) in [5.74, 6) is 0.698. The van der Waals surface area contributed by atoms with E-state index < -0.39 is 0 Å². The summed E-state index contributed by atoms with van der Waals surface area (Å²) in [4.78, 5) is 10.7. The van der Waals surface area contributed by atoms with Gasteiger partial charge in [-0.25, -0.2) is 9.97 Å². The van der Waals surface area contributed by atoms with Crippen LogP contribution in [-0.2, 0) is 0 Å². The number of fused-ring (bicyclic) bond motifs is 9. The van der Waals surface area contributed by atoms with Crippen molar-refractivity contribution in [2.75, 3.05) is 0 Å². The van der Waals surface area contributed by atoms with Gasteiger partial charge in [0.1, 0.15) is 0 Å². The first-order chi connectivity index (χ1) is 28.3. The number of benzene rings is 8. The highest BCUT2D eigenvalue weighted by Gasteiger charge is 2.20. The molecular weight excluding hydrogens is 695 g/mol. The zero-order chi connectivity index (χ0) is 37.5. The van der Waals surface area contributed by atoms with Crippen molar-refractivity contribution in [1.82, 2.24) is 23.7 Å². The Kier molecular flexibility index (Phi) is 6.86. The van der Waals surface area contributed by atoms with E-state index in [0.717, 1.165) is 66.7 Å². The third-order valence-corrected chi connectivity index (χ3v) is 11.4. The molecule has 5 nitrogen and oxygen atoms in total. The summed E-state index contributed by atoms with van der Waals surface area (Å²) in [6.45, 7) is 0. The summed E-state index contributed by atoms with van der Waals surface area (Å²) in [6.07, 6.45) is 2.18. The molecule has 8 aromatic carbocycles. The third-order valence-electron chi connectivity index (χ3n) is 11.4. The van der Waals surface area contributed by atoms with Crippen LogP contribution in [0.5, 0.6) is 0 Å². The molecule has 0 fully saturated rings. The number of nitrogens with zero attached hydrogens (tertiary/aromatic N) is 5. The first-order valence-corrected chi connectivity index (χ1v) is 19.3. The lowest BCUT2D eigenvalue weighted by atomic mass is 10.0. The predicted molar refractivity (Wildman–Crippen MR) is 236 cm³/mol. The van der Waals surface area contributed by atoms with Gasteiger partial charge in [0.25, 0.3) is 0 Å². The molecule has 0 saturated carbocycles. The maximum absolute atomic E-state index is 5.43. The molecule has 0 amide bonds. The molecule has 4 heterocycles. The molecule has 5 heteroatoms. The largest absolute Gasteiger partial charge is 0.316 e. The normalized spacial score (nSPS) is 11.9. The zero-order valence-corrected chi connectivity index (χ0v) is 30.8. The molecular formula is C52H33N5. The highest BCUT2D eigenvalue weighted by Crippen LogP contribution is 2.41. The maximum atomic E-state index is 5.43. The summed E-state index contributed by atoms with van der Waals surface area (Å²) >= 11 is 0. The lowest BCUT2D eigenvalue weighted by Gasteiger charge is -2.11. The molecule has 266 valence electrons. The first-order valence-electron chi connectivity index (χ1n) is 19.3. The van der Waals surface area contributed by atoms with Crippen molar-refractivity contribution in [3.05, 3.63) is 200 Å². The van der Waals surface area contributed by atoms with Crippen molar-refractivity contribution in [1.29, 1.82) is 0 Å². The van der Waals surface area contributed by atoms with Crippen LogP contribution in [0.25, 0.3) is 105 Å². The fourth-order valence-electron chi connectivity index (χ4n) is 8.93. The fraction of sp³-hybridized carbons (Fsp3) is 0. The maximum Gasteiger partial charge on any atom is 0.160 e. The van der Waals surface area contributed by atoms with E-state index in [1.165, 1.54) is 32.6 Å². The molecule has 12 rings (SSSR count). The second-order valence-corrected chi connectivity index (χ2v) is 14.7. The highest BCUT2D eigenvalue weighted by atomic mass is 15.0. The first kappa shape index (κ1) is 31.6. The third kappa shape index (κ3) is 4.82. The molecule has 0 aliphatic heterocycles. The molecule has 4 aromatic heterocycles. The summed E-state index contributed by atoms with van der Waals surface area (Å²) in [5, 5.41) is 6.97. The molecule has 57 heavy (non-hydrogen) atoms. The fourth-order valence-corrected chi connectivity index (χ4v) is 8.93. The predicted octanol–water partition coefficient (Wildman–Crippen LogP) is 13.1. The van der Waals surface area contributed by atoms with Crippen LogP contribution in [0.15, 0.2) is 200 Å². The number of hydrogen-bond acceptors (Lipinski definition) is 2. The molecule has 12 aromatic rings. The van der Waals surface area contributed by atoms with Gasteiger partial charge in [-0.1, -0.05) is 103 Å². The van der Waals surface area contributed by atoms with Gasteiger partial charge < -0.3 is 13.7 Å². The van der Waals surface area contributed by atoms with E-state index in [-0.39, 0.29) is 0 Å². The Morgan fingerprint density at radius 1 is 0.368 bits per heavy atom. The summed E-state index contributed by atoms with van der Waals surface area (Å²) < 4.78 is 7.04. The Morgan fingerprint density at radius 3 is 1.68 bits per heavy atom. The monoisotopic (exact) mass is 727 g/mol. The smallest absolute Gasteiger partial charge is 0.160 e. The van der Waals surface area contributed by atoms with E-state index in [2.05, 4.69) is 214 Å². The van der Waals surface area contributed by atoms with Gasteiger partial charge in [-0.2, -0.15) is 0 Å². The van der Waals surface area contributed by atoms with Crippen molar-refractivity contribution >= 4 is 65.4 Å². The van der Waals surface area contributed by atoms with E-state index in [1.54, 1.807) is 0 Å². The Hall–Kier alpha value is -7.76. The standard InChI is InChI=1S/C52H33N5/c1-4-14-37(15-5-1)55-31-30-34-24-29-48-49(51(34)55)43-33-36(26-28-47(43)57(48)39-18-8-3-9-19-39)52-53-44-22-12-10-21-41(44)50(54-52)35-25-27-46-42(32-35)40-20-11-13-23-45(40)56(46)38-16-6-2-7-17-38/h1-33H. The molecule has 0 atom stereocenters. The summed E-state index contributed by atoms with van der Waals surface area (Å²) in [6, 6.07) is 69.0. The van der Waals surface area contributed by atoms with Gasteiger partial charge in [0.2, 0.25) is 0 Å². The minimum absolute atomic E-state index is 0.698. The van der Waals surface area contributed by atoms with Gasteiger partial charge in [0.05, 0.1) is 38.8 Å². The SMILES string of the molecule is c1ccc(-n2ccc3ccc4c(c5cc(-c6nc(-c7ccc8c(c7)c7ccccc7n8-c7ccccc7)c7ccccc7n6)ccc5n4-c4ccccc4)c32)cc1. The van der Waals surface area contributed by atoms with Gasteiger partial charge in [-0.15, -0.1) is 0 Å². The van der Waals surface area contributed by atoms with Crippen molar-refractivity contribution in [2.45, 2.75) is 0 Å². The van der Waals surface area contributed by atoms with E-state index >= 15 is 0 Å². The topological polar surface area (TPSA) is 40.6 Å². The van der Waals surface area contributed by atoms with Gasteiger partial charge in [0.15, 0.2) is 5.82 Å². The molecule has 0 radical (unpaired) electrons. The minimum atomic E-state index is 0.698. The van der Waals surface area contributed by atoms with Crippen LogP contribution >= 0.6 is 0 Å². The van der Waals surface area contributed by atoms with Crippen LogP contribution in [0.4, 0.5) is 0 Å². The summed E-state index contributed by atoms with van der Waals surface area (Å²) in [5.41, 5.74) is 13.1. The lowest BCUT2D eigenvalue weighted by molar-refractivity contribution is 1.13. The molecule has 0 saturated heterocycles. The molecule has 0 N–H and O–H groups in total. The Bertz CT molecular complexity index is 3500. The van der Waals surface area contributed by atoms with Crippen LogP contribution in [0.2, 0.25) is 0 Å². The van der Waals surface area contributed by atoms with Crippen LogP contribution in [-0.4, -0.2) is 23.7 Å². The van der Waals surface area contributed by atoms with Crippen LogP contribution in [0.3, 0.4) is 0 Å². The van der Waals surface area contributed by atoms with E-state index in [0.29, 0.717) is 5.82 Å². The van der Waals surface area contributed by atoms with E-state index in [9.17, 15) is 0 Å². The lowest BCUT2D eigenvalue weighted by Crippen LogP contribution is -1.96. The average Bonchev–Trinajstić information content (AvgIpc) is 3.96. The average molecular weight is 728 g/mol. The minimum Gasteiger partial charge on any atom is -0.316 e. The number of para-hydroxylation sites is 5. The summed E-state index contributed by atoms with van der Waals surface area (Å²) in [7, 11) is 0. The Morgan fingerprint density at radius 2 is 0.930 bits per heavy atom. The van der Waals surface area contributed by atoms with E-state index in [4.69, 9.17) is 9.97 Å². The second-order valence-electron chi connectivity index (χ2n) is 14.7. The highest BCUT2D eigenvalue weighted by molar-refractivity contribution is 6.21. The van der Waals surface area contributed by atoms with Crippen LogP contribution < -0.4 is 0 Å².